The van der Waals surface area contributed by atoms with Gasteiger partial charge in [0.05, 0.1) is 5.69 Å². The second-order valence-electron chi connectivity index (χ2n) is 4.49. The van der Waals surface area contributed by atoms with E-state index in [0.717, 1.165) is 24.6 Å². The summed E-state index contributed by atoms with van der Waals surface area (Å²) in [7, 11) is 0. The Balaban J connectivity index is 2.12. The quantitative estimate of drug-likeness (QED) is 0.853. The molecule has 0 aliphatic heterocycles. The lowest BCUT2D eigenvalue weighted by molar-refractivity contribution is 0.469. The number of aromatic amines is 1. The number of hydrogen-bond acceptors (Lipinski definition) is 3. The van der Waals surface area contributed by atoms with Gasteiger partial charge >= 0.3 is 0 Å². The molecule has 1 aromatic carbocycles. The summed E-state index contributed by atoms with van der Waals surface area (Å²) in [6.45, 7) is 0. The highest BCUT2D eigenvalue weighted by molar-refractivity contribution is 5.57. The van der Waals surface area contributed by atoms with Gasteiger partial charge in [-0.1, -0.05) is 0 Å². The van der Waals surface area contributed by atoms with Gasteiger partial charge in [0, 0.05) is 23.6 Å². The van der Waals surface area contributed by atoms with E-state index in [9.17, 15) is 14.3 Å². The lowest BCUT2D eigenvalue weighted by Gasteiger charge is -2.04. The summed E-state index contributed by atoms with van der Waals surface area (Å²) >= 11 is 0. The molecule has 0 saturated heterocycles. The van der Waals surface area contributed by atoms with E-state index in [4.69, 9.17) is 0 Å². The molecule has 92 valence electrons. The number of phenolic OH excluding ortho intramolecular Hbond substituents is 1. The van der Waals surface area contributed by atoms with E-state index >= 15 is 0 Å². The molecule has 1 aliphatic carbocycles. The minimum Gasteiger partial charge on any atom is -0.508 e. The summed E-state index contributed by atoms with van der Waals surface area (Å²) in [5, 5.41) is 9.36. The van der Waals surface area contributed by atoms with Crippen LogP contribution in [0.25, 0.3) is 11.4 Å². The van der Waals surface area contributed by atoms with Crippen molar-refractivity contribution < 1.29 is 9.50 Å². The fraction of sp³-hybridized carbons (Fsp3) is 0.231. The first-order chi connectivity index (χ1) is 8.61. The van der Waals surface area contributed by atoms with Crippen LogP contribution in [0, 0.1) is 5.82 Å². The highest BCUT2D eigenvalue weighted by Crippen LogP contribution is 2.38. The largest absolute Gasteiger partial charge is 0.508 e. The average Bonchev–Trinajstić information content (AvgIpc) is 3.10. The van der Waals surface area contributed by atoms with Crippen molar-refractivity contribution in [2.45, 2.75) is 18.8 Å². The van der Waals surface area contributed by atoms with Crippen LogP contribution < -0.4 is 5.56 Å². The lowest BCUT2D eigenvalue weighted by Crippen LogP contribution is -2.10. The van der Waals surface area contributed by atoms with Crippen molar-refractivity contribution in [3.63, 3.8) is 0 Å². The Morgan fingerprint density at radius 1 is 1.28 bits per heavy atom. The normalized spacial score (nSPS) is 14.7. The van der Waals surface area contributed by atoms with Gasteiger partial charge in [-0.05, 0) is 25.0 Å². The van der Waals surface area contributed by atoms with Crippen molar-refractivity contribution in [1.29, 1.82) is 0 Å². The molecule has 1 heterocycles. The monoisotopic (exact) mass is 246 g/mol. The van der Waals surface area contributed by atoms with Crippen LogP contribution in [-0.4, -0.2) is 15.1 Å². The Hall–Kier alpha value is -2.17. The topological polar surface area (TPSA) is 66.0 Å². The minimum atomic E-state index is -0.565. The van der Waals surface area contributed by atoms with Crippen LogP contribution in [-0.2, 0) is 0 Å². The Kier molecular flexibility index (Phi) is 2.40. The van der Waals surface area contributed by atoms with Gasteiger partial charge in [-0.15, -0.1) is 0 Å². The van der Waals surface area contributed by atoms with E-state index in [0.29, 0.717) is 17.3 Å². The maximum Gasteiger partial charge on any atom is 0.251 e. The molecule has 0 bridgehead atoms. The van der Waals surface area contributed by atoms with E-state index in [1.807, 2.05) is 0 Å². The molecular weight excluding hydrogens is 235 g/mol. The van der Waals surface area contributed by atoms with Crippen molar-refractivity contribution in [3.8, 4) is 17.1 Å². The molecule has 1 fully saturated rings. The van der Waals surface area contributed by atoms with Gasteiger partial charge < -0.3 is 10.1 Å². The van der Waals surface area contributed by atoms with Crippen molar-refractivity contribution in [1.82, 2.24) is 9.97 Å². The predicted molar refractivity (Wildman–Crippen MR) is 63.9 cm³/mol. The summed E-state index contributed by atoms with van der Waals surface area (Å²) in [6, 6.07) is 5.08. The number of nitrogens with zero attached hydrogens (tertiary/aromatic N) is 1. The van der Waals surface area contributed by atoms with Gasteiger partial charge in [0.2, 0.25) is 0 Å². The SMILES string of the molecule is O=c1cc(C2CC2)nc(-c2cc(O)cc(F)c2)[nH]1. The third-order valence-electron chi connectivity index (χ3n) is 2.91. The zero-order chi connectivity index (χ0) is 12.7. The van der Waals surface area contributed by atoms with Crippen molar-refractivity contribution in [3.05, 3.63) is 46.1 Å². The minimum absolute atomic E-state index is 0.190. The highest BCUT2D eigenvalue weighted by atomic mass is 19.1. The molecule has 0 spiro atoms. The second-order valence-corrected chi connectivity index (χ2v) is 4.49. The third-order valence-corrected chi connectivity index (χ3v) is 2.91. The summed E-state index contributed by atoms with van der Waals surface area (Å²) in [4.78, 5) is 18.4. The van der Waals surface area contributed by atoms with Crippen LogP contribution in [0.3, 0.4) is 0 Å². The summed E-state index contributed by atoms with van der Waals surface area (Å²) in [5.74, 6) is -0.124. The molecule has 0 radical (unpaired) electrons. The van der Waals surface area contributed by atoms with Gasteiger partial charge in [0.1, 0.15) is 17.4 Å². The van der Waals surface area contributed by atoms with Crippen LogP contribution in [0.5, 0.6) is 5.75 Å². The van der Waals surface area contributed by atoms with Crippen molar-refractivity contribution in [2.24, 2.45) is 0 Å². The Morgan fingerprint density at radius 3 is 2.72 bits per heavy atom. The third kappa shape index (κ3) is 2.11. The molecule has 3 rings (SSSR count). The Bertz CT molecular complexity index is 642. The Morgan fingerprint density at radius 2 is 2.06 bits per heavy atom. The molecule has 2 N–H and O–H groups in total. The Labute approximate surface area is 102 Å². The molecule has 1 aromatic heterocycles. The van der Waals surface area contributed by atoms with Gasteiger partial charge in [-0.25, -0.2) is 9.37 Å². The maximum absolute atomic E-state index is 13.2. The van der Waals surface area contributed by atoms with Crippen LogP contribution in [0.15, 0.2) is 29.1 Å². The van der Waals surface area contributed by atoms with Crippen molar-refractivity contribution in [2.75, 3.05) is 0 Å². The standard InChI is InChI=1S/C13H11FN2O2/c14-9-3-8(4-10(17)5-9)13-15-11(7-1-2-7)6-12(18)16-13/h3-7,17H,1-2H2,(H,15,16,18). The van der Waals surface area contributed by atoms with E-state index in [-0.39, 0.29) is 11.3 Å². The molecular formula is C13H11FN2O2. The molecule has 2 aromatic rings. The van der Waals surface area contributed by atoms with E-state index in [1.165, 1.54) is 18.2 Å². The fourth-order valence-electron chi connectivity index (χ4n) is 1.91. The van der Waals surface area contributed by atoms with Gasteiger partial charge in [0.15, 0.2) is 0 Å². The number of aromatic hydroxyl groups is 1. The number of H-pyrrole nitrogens is 1. The molecule has 1 saturated carbocycles. The first-order valence-electron chi connectivity index (χ1n) is 5.73. The van der Waals surface area contributed by atoms with Gasteiger partial charge in [-0.3, -0.25) is 4.79 Å². The number of hydrogen-bond donors (Lipinski definition) is 2. The van der Waals surface area contributed by atoms with Crippen molar-refractivity contribution >= 4 is 0 Å². The van der Waals surface area contributed by atoms with Crippen LogP contribution in [0.1, 0.15) is 24.5 Å². The number of rotatable bonds is 2. The van der Waals surface area contributed by atoms with E-state index in [1.54, 1.807) is 0 Å². The fourth-order valence-corrected chi connectivity index (χ4v) is 1.91. The second kappa shape index (κ2) is 3.94. The predicted octanol–water partition coefficient (Wildman–Crippen LogP) is 2.16. The maximum atomic E-state index is 13.2. The smallest absolute Gasteiger partial charge is 0.251 e. The molecule has 0 amide bonds. The zero-order valence-electron chi connectivity index (χ0n) is 9.48. The molecule has 1 aliphatic rings. The summed E-state index contributed by atoms with van der Waals surface area (Å²) in [6.07, 6.45) is 2.06. The van der Waals surface area contributed by atoms with Gasteiger partial charge in [0.25, 0.3) is 5.56 Å². The number of benzene rings is 1. The van der Waals surface area contributed by atoms with Crippen LogP contribution in [0.2, 0.25) is 0 Å². The van der Waals surface area contributed by atoms with Crippen LogP contribution in [0.4, 0.5) is 4.39 Å². The molecule has 0 unspecified atom stereocenters. The number of nitrogens with one attached hydrogen (secondary N) is 1. The zero-order valence-corrected chi connectivity index (χ0v) is 9.48. The average molecular weight is 246 g/mol. The molecule has 0 atom stereocenters. The molecule has 5 heteroatoms. The lowest BCUT2D eigenvalue weighted by atomic mass is 10.2. The number of phenols is 1. The molecule has 4 nitrogen and oxygen atoms in total. The number of halogens is 1. The number of aromatic nitrogens is 2. The highest BCUT2D eigenvalue weighted by Gasteiger charge is 2.26. The first kappa shape index (κ1) is 11.0. The van der Waals surface area contributed by atoms with Crippen LogP contribution >= 0.6 is 0 Å². The molecule has 18 heavy (non-hydrogen) atoms. The summed E-state index contributed by atoms with van der Waals surface area (Å²) in [5.41, 5.74) is 0.843. The van der Waals surface area contributed by atoms with E-state index in [2.05, 4.69) is 9.97 Å². The van der Waals surface area contributed by atoms with E-state index < -0.39 is 5.82 Å². The first-order valence-corrected chi connectivity index (χ1v) is 5.73. The summed E-state index contributed by atoms with van der Waals surface area (Å²) < 4.78 is 13.2. The van der Waals surface area contributed by atoms with Gasteiger partial charge in [-0.2, -0.15) is 0 Å².